The van der Waals surface area contributed by atoms with Crippen LogP contribution >= 0.6 is 15.9 Å². The van der Waals surface area contributed by atoms with Crippen molar-refractivity contribution in [2.24, 2.45) is 0 Å². The van der Waals surface area contributed by atoms with E-state index in [1.54, 1.807) is 25.1 Å². The maximum atomic E-state index is 11.9. The first-order chi connectivity index (χ1) is 9.54. The smallest absolute Gasteiger partial charge is 0.352 e. The number of rotatable bonds is 4. The molecule has 0 fully saturated rings. The van der Waals surface area contributed by atoms with Crippen LogP contribution in [-0.2, 0) is 4.79 Å². The van der Waals surface area contributed by atoms with Gasteiger partial charge in [0, 0.05) is 4.47 Å². The Labute approximate surface area is 126 Å². The summed E-state index contributed by atoms with van der Waals surface area (Å²) in [7, 11) is 0. The summed E-state index contributed by atoms with van der Waals surface area (Å²) in [4.78, 5) is 11.9. The van der Waals surface area contributed by atoms with E-state index in [1.807, 2.05) is 37.3 Å². The van der Waals surface area contributed by atoms with Crippen molar-refractivity contribution in [1.82, 2.24) is 0 Å². The number of carbonyl (C=O) groups is 1. The Hall–Kier alpha value is -1.81. The van der Waals surface area contributed by atoms with Crippen LogP contribution in [0.25, 0.3) is 0 Å². The van der Waals surface area contributed by atoms with Gasteiger partial charge in [-0.15, -0.1) is 0 Å². The van der Waals surface area contributed by atoms with Crippen LogP contribution in [0.5, 0.6) is 11.5 Å². The molecule has 4 heteroatoms. The molecule has 0 N–H and O–H groups in total. The van der Waals surface area contributed by atoms with E-state index in [2.05, 4.69) is 15.9 Å². The molecule has 104 valence electrons. The van der Waals surface area contributed by atoms with Crippen molar-refractivity contribution in [2.45, 2.75) is 20.0 Å². The molecule has 0 aliphatic rings. The molecule has 2 rings (SSSR count). The predicted octanol–water partition coefficient (Wildman–Crippen LogP) is 4.13. The first-order valence-electron chi connectivity index (χ1n) is 6.25. The second kappa shape index (κ2) is 6.57. The molecule has 20 heavy (non-hydrogen) atoms. The fourth-order valence-corrected chi connectivity index (χ4v) is 1.91. The number of aryl methyl sites for hydroxylation is 1. The highest BCUT2D eigenvalue weighted by Crippen LogP contribution is 2.18. The van der Waals surface area contributed by atoms with Crippen LogP contribution in [-0.4, -0.2) is 12.1 Å². The SMILES string of the molecule is Cc1cccc(OC(=O)C(C)Oc2ccc(Br)cc2)c1. The number of esters is 1. The predicted molar refractivity (Wildman–Crippen MR) is 81.0 cm³/mol. The molecule has 0 radical (unpaired) electrons. The van der Waals surface area contributed by atoms with E-state index < -0.39 is 12.1 Å². The van der Waals surface area contributed by atoms with Gasteiger partial charge in [0.15, 0.2) is 6.10 Å². The van der Waals surface area contributed by atoms with E-state index in [0.29, 0.717) is 11.5 Å². The number of hydrogen-bond donors (Lipinski definition) is 0. The lowest BCUT2D eigenvalue weighted by Crippen LogP contribution is -2.28. The number of hydrogen-bond acceptors (Lipinski definition) is 3. The van der Waals surface area contributed by atoms with Crippen molar-refractivity contribution in [3.8, 4) is 11.5 Å². The molecule has 0 heterocycles. The fourth-order valence-electron chi connectivity index (χ4n) is 1.64. The summed E-state index contributed by atoms with van der Waals surface area (Å²) < 4.78 is 11.8. The zero-order chi connectivity index (χ0) is 14.5. The molecule has 1 unspecified atom stereocenters. The van der Waals surface area contributed by atoms with Crippen molar-refractivity contribution < 1.29 is 14.3 Å². The Morgan fingerprint density at radius 1 is 1.10 bits per heavy atom. The average molecular weight is 335 g/mol. The molecule has 0 bridgehead atoms. The fraction of sp³-hybridized carbons (Fsp3) is 0.188. The first kappa shape index (κ1) is 14.6. The van der Waals surface area contributed by atoms with Crippen LogP contribution in [0.4, 0.5) is 0 Å². The van der Waals surface area contributed by atoms with Gasteiger partial charge in [-0.3, -0.25) is 0 Å². The van der Waals surface area contributed by atoms with Crippen LogP contribution in [0.15, 0.2) is 53.0 Å². The summed E-state index contributed by atoms with van der Waals surface area (Å²) in [5.41, 5.74) is 1.04. The molecule has 2 aromatic carbocycles. The second-order valence-corrected chi connectivity index (χ2v) is 5.37. The molecule has 0 aliphatic carbocycles. The van der Waals surface area contributed by atoms with Crippen LogP contribution < -0.4 is 9.47 Å². The highest BCUT2D eigenvalue weighted by atomic mass is 79.9. The van der Waals surface area contributed by atoms with E-state index in [1.165, 1.54) is 0 Å². The van der Waals surface area contributed by atoms with Gasteiger partial charge in [0.05, 0.1) is 0 Å². The number of ether oxygens (including phenoxy) is 2. The van der Waals surface area contributed by atoms with Crippen molar-refractivity contribution in [3.63, 3.8) is 0 Å². The van der Waals surface area contributed by atoms with Gasteiger partial charge in [-0.2, -0.15) is 0 Å². The molecule has 1 atom stereocenters. The first-order valence-corrected chi connectivity index (χ1v) is 7.04. The molecule has 0 aromatic heterocycles. The van der Waals surface area contributed by atoms with Gasteiger partial charge in [0.1, 0.15) is 11.5 Å². The van der Waals surface area contributed by atoms with Gasteiger partial charge in [-0.05, 0) is 55.8 Å². The van der Waals surface area contributed by atoms with Gasteiger partial charge in [0.25, 0.3) is 0 Å². The van der Waals surface area contributed by atoms with Gasteiger partial charge >= 0.3 is 5.97 Å². The number of halogens is 1. The average Bonchev–Trinajstić information content (AvgIpc) is 2.41. The van der Waals surface area contributed by atoms with Gasteiger partial charge < -0.3 is 9.47 Å². The molecular weight excluding hydrogens is 320 g/mol. The Morgan fingerprint density at radius 3 is 2.45 bits per heavy atom. The van der Waals surface area contributed by atoms with Gasteiger partial charge in [-0.25, -0.2) is 4.79 Å². The summed E-state index contributed by atoms with van der Waals surface area (Å²) in [6.45, 7) is 3.61. The van der Waals surface area contributed by atoms with E-state index in [9.17, 15) is 4.79 Å². The van der Waals surface area contributed by atoms with E-state index >= 15 is 0 Å². The highest BCUT2D eigenvalue weighted by Gasteiger charge is 2.17. The van der Waals surface area contributed by atoms with Gasteiger partial charge in [-0.1, -0.05) is 28.1 Å². The minimum Gasteiger partial charge on any atom is -0.479 e. The van der Waals surface area contributed by atoms with Crippen LogP contribution in [0.2, 0.25) is 0 Å². The minimum atomic E-state index is -0.670. The summed E-state index contributed by atoms with van der Waals surface area (Å²) in [5, 5.41) is 0. The Morgan fingerprint density at radius 2 is 1.80 bits per heavy atom. The maximum Gasteiger partial charge on any atom is 0.352 e. The normalized spacial score (nSPS) is 11.8. The minimum absolute atomic E-state index is 0.418. The molecule has 2 aromatic rings. The van der Waals surface area contributed by atoms with Crippen molar-refractivity contribution in [3.05, 3.63) is 58.6 Å². The summed E-state index contributed by atoms with van der Waals surface area (Å²) >= 11 is 3.34. The third-order valence-electron chi connectivity index (χ3n) is 2.67. The Balaban J connectivity index is 1.96. The molecule has 0 amide bonds. The van der Waals surface area contributed by atoms with E-state index in [-0.39, 0.29) is 0 Å². The van der Waals surface area contributed by atoms with Gasteiger partial charge in [0.2, 0.25) is 0 Å². The molecule has 0 aliphatic heterocycles. The third-order valence-corrected chi connectivity index (χ3v) is 3.20. The highest BCUT2D eigenvalue weighted by molar-refractivity contribution is 9.10. The summed E-state index contributed by atoms with van der Waals surface area (Å²) in [5.74, 6) is 0.738. The van der Waals surface area contributed by atoms with E-state index in [4.69, 9.17) is 9.47 Å². The van der Waals surface area contributed by atoms with Crippen LogP contribution in [0.3, 0.4) is 0 Å². The topological polar surface area (TPSA) is 35.5 Å². The van der Waals surface area contributed by atoms with Crippen molar-refractivity contribution >= 4 is 21.9 Å². The molecular formula is C16H15BrO3. The standard InChI is InChI=1S/C16H15BrO3/c1-11-4-3-5-15(10-11)20-16(18)12(2)19-14-8-6-13(17)7-9-14/h3-10,12H,1-2H3. The molecule has 3 nitrogen and oxygen atoms in total. The Kier molecular flexibility index (Phi) is 4.79. The lowest BCUT2D eigenvalue weighted by Gasteiger charge is -2.14. The summed E-state index contributed by atoms with van der Waals surface area (Å²) in [6, 6.07) is 14.6. The molecule has 0 spiro atoms. The maximum absolute atomic E-state index is 11.9. The third kappa shape index (κ3) is 4.10. The largest absolute Gasteiger partial charge is 0.479 e. The number of carbonyl (C=O) groups excluding carboxylic acids is 1. The monoisotopic (exact) mass is 334 g/mol. The Bertz CT molecular complexity index is 593. The second-order valence-electron chi connectivity index (χ2n) is 4.45. The lowest BCUT2D eigenvalue weighted by atomic mass is 10.2. The zero-order valence-electron chi connectivity index (χ0n) is 11.3. The van der Waals surface area contributed by atoms with E-state index in [0.717, 1.165) is 10.0 Å². The van der Waals surface area contributed by atoms with Crippen molar-refractivity contribution in [1.29, 1.82) is 0 Å². The zero-order valence-corrected chi connectivity index (χ0v) is 12.9. The molecule has 0 saturated heterocycles. The quantitative estimate of drug-likeness (QED) is 0.623. The molecule has 0 saturated carbocycles. The lowest BCUT2D eigenvalue weighted by molar-refractivity contribution is -0.141. The number of benzene rings is 2. The summed E-state index contributed by atoms with van der Waals surface area (Å²) in [6.07, 6.45) is -0.670. The van der Waals surface area contributed by atoms with Crippen molar-refractivity contribution in [2.75, 3.05) is 0 Å². The van der Waals surface area contributed by atoms with Crippen LogP contribution in [0, 0.1) is 6.92 Å². The van der Waals surface area contributed by atoms with Crippen LogP contribution in [0.1, 0.15) is 12.5 Å².